The summed E-state index contributed by atoms with van der Waals surface area (Å²) in [5.41, 5.74) is 7.98. The number of carbonyl (C=O) groups is 1. The van der Waals surface area contributed by atoms with Crippen molar-refractivity contribution in [2.75, 3.05) is 5.32 Å². The van der Waals surface area contributed by atoms with E-state index >= 15 is 0 Å². The Bertz CT molecular complexity index is 1210. The molecule has 0 aliphatic carbocycles. The number of hydrogen-bond acceptors (Lipinski definition) is 5. The van der Waals surface area contributed by atoms with Crippen LogP contribution in [0.1, 0.15) is 5.69 Å². The predicted molar refractivity (Wildman–Crippen MR) is 113 cm³/mol. The van der Waals surface area contributed by atoms with Gasteiger partial charge in [-0.25, -0.2) is 4.98 Å². The normalized spacial score (nSPS) is 10.8. The summed E-state index contributed by atoms with van der Waals surface area (Å²) in [4.78, 5) is 22.8. The number of primary amides is 1. The van der Waals surface area contributed by atoms with Gasteiger partial charge in [-0.3, -0.25) is 9.78 Å². The first-order valence-electron chi connectivity index (χ1n) is 8.59. The van der Waals surface area contributed by atoms with Gasteiger partial charge in [-0.05, 0) is 36.4 Å². The van der Waals surface area contributed by atoms with E-state index in [1.54, 1.807) is 42.6 Å². The van der Waals surface area contributed by atoms with E-state index in [0.29, 0.717) is 38.9 Å². The summed E-state index contributed by atoms with van der Waals surface area (Å²) in [6.45, 7) is 0. The minimum Gasteiger partial charge on any atom is -0.457 e. The number of hydrogen-bond donors (Lipinski definition) is 3. The van der Waals surface area contributed by atoms with Gasteiger partial charge >= 0.3 is 0 Å². The lowest BCUT2D eigenvalue weighted by atomic mass is 10.2. The van der Waals surface area contributed by atoms with Crippen LogP contribution < -0.4 is 15.8 Å². The number of benzene rings is 2. The molecule has 4 N–H and O–H groups in total. The molecule has 0 radical (unpaired) electrons. The van der Waals surface area contributed by atoms with E-state index < -0.39 is 5.91 Å². The van der Waals surface area contributed by atoms with Crippen LogP contribution in [0.2, 0.25) is 10.0 Å². The molecule has 0 spiro atoms. The number of carbonyl (C=O) groups excluding carboxylic acids is 1. The highest BCUT2D eigenvalue weighted by Crippen LogP contribution is 2.29. The maximum absolute atomic E-state index is 11.1. The van der Waals surface area contributed by atoms with E-state index in [9.17, 15) is 4.79 Å². The highest BCUT2D eigenvalue weighted by molar-refractivity contribution is 6.36. The first kappa shape index (κ1) is 19.0. The number of nitrogens with one attached hydrogen (secondary N) is 2. The highest BCUT2D eigenvalue weighted by Gasteiger charge is 2.08. The average Bonchev–Trinajstić information content (AvgIpc) is 3.05. The monoisotopic (exact) mass is 427 g/mol. The number of H-pyrrole nitrogens is 1. The minimum absolute atomic E-state index is 0.0546. The zero-order valence-corrected chi connectivity index (χ0v) is 16.5. The number of imidazole rings is 1. The maximum Gasteiger partial charge on any atom is 0.223 e. The molecule has 2 aromatic heterocycles. The zero-order valence-electron chi connectivity index (χ0n) is 14.9. The quantitative estimate of drug-likeness (QED) is 0.408. The number of amides is 1. The lowest BCUT2D eigenvalue weighted by Gasteiger charge is -2.06. The fraction of sp³-hybridized carbons (Fsp3) is 0.0500. The van der Waals surface area contributed by atoms with E-state index in [-0.39, 0.29) is 6.42 Å². The van der Waals surface area contributed by atoms with Crippen LogP contribution in [0.4, 0.5) is 11.6 Å². The Morgan fingerprint density at radius 2 is 1.93 bits per heavy atom. The Kier molecular flexibility index (Phi) is 5.24. The molecule has 29 heavy (non-hydrogen) atoms. The van der Waals surface area contributed by atoms with E-state index in [2.05, 4.69) is 20.3 Å². The van der Waals surface area contributed by atoms with Crippen LogP contribution in [0, 0.1) is 0 Å². The fourth-order valence-corrected chi connectivity index (χ4v) is 3.22. The molecule has 0 saturated carbocycles. The molecule has 0 aliphatic heterocycles. The molecule has 0 fully saturated rings. The molecule has 4 rings (SSSR count). The third kappa shape index (κ3) is 4.59. The van der Waals surface area contributed by atoms with Crippen LogP contribution in [-0.4, -0.2) is 20.9 Å². The van der Waals surface area contributed by atoms with Crippen LogP contribution in [0.5, 0.6) is 11.5 Å². The molecule has 0 bridgehead atoms. The first-order valence-corrected chi connectivity index (χ1v) is 9.35. The topological polar surface area (TPSA) is 106 Å². The molecule has 0 atom stereocenters. The molecular formula is C20H15Cl2N5O2. The molecule has 7 nitrogen and oxygen atoms in total. The van der Waals surface area contributed by atoms with Gasteiger partial charge < -0.3 is 20.8 Å². The van der Waals surface area contributed by atoms with Crippen molar-refractivity contribution in [3.05, 3.63) is 70.5 Å². The Hall–Kier alpha value is -3.29. The van der Waals surface area contributed by atoms with Gasteiger partial charge in [0.1, 0.15) is 11.5 Å². The van der Waals surface area contributed by atoms with E-state index in [4.69, 9.17) is 33.7 Å². The fourth-order valence-electron chi connectivity index (χ4n) is 2.76. The molecule has 1 amide bonds. The smallest absolute Gasteiger partial charge is 0.223 e. The third-order valence-electron chi connectivity index (χ3n) is 4.02. The lowest BCUT2D eigenvalue weighted by Crippen LogP contribution is -2.14. The van der Waals surface area contributed by atoms with Gasteiger partial charge in [-0.15, -0.1) is 0 Å². The van der Waals surface area contributed by atoms with Gasteiger partial charge in [-0.2, -0.15) is 0 Å². The lowest BCUT2D eigenvalue weighted by molar-refractivity contribution is -0.117. The van der Waals surface area contributed by atoms with Crippen LogP contribution in [0.3, 0.4) is 0 Å². The van der Waals surface area contributed by atoms with Crippen molar-refractivity contribution >= 4 is 51.8 Å². The average molecular weight is 428 g/mol. The zero-order chi connectivity index (χ0) is 20.4. The van der Waals surface area contributed by atoms with Crippen LogP contribution in [-0.2, 0) is 11.2 Å². The molecule has 4 aromatic rings. The Balaban J connectivity index is 1.55. The van der Waals surface area contributed by atoms with Gasteiger partial charge in [-0.1, -0.05) is 23.2 Å². The minimum atomic E-state index is -0.450. The number of anilines is 2. The molecule has 0 unspecified atom stereocenters. The third-order valence-corrected chi connectivity index (χ3v) is 4.56. The van der Waals surface area contributed by atoms with Crippen LogP contribution in [0.25, 0.3) is 11.0 Å². The molecule has 0 aliphatic rings. The van der Waals surface area contributed by atoms with Gasteiger partial charge in [0.05, 0.1) is 33.9 Å². The van der Waals surface area contributed by atoms with Gasteiger partial charge in [0, 0.05) is 23.4 Å². The van der Waals surface area contributed by atoms with Crippen molar-refractivity contribution < 1.29 is 9.53 Å². The number of rotatable bonds is 6. The summed E-state index contributed by atoms with van der Waals surface area (Å²) in [7, 11) is 0. The van der Waals surface area contributed by atoms with Crippen LogP contribution >= 0.6 is 23.2 Å². The van der Waals surface area contributed by atoms with Crippen molar-refractivity contribution in [2.45, 2.75) is 6.42 Å². The Labute approximate surface area is 175 Å². The number of aromatic nitrogens is 3. The van der Waals surface area contributed by atoms with Crippen molar-refractivity contribution in [1.82, 2.24) is 15.0 Å². The number of nitrogens with zero attached hydrogens (tertiary/aromatic N) is 2. The van der Waals surface area contributed by atoms with E-state index in [0.717, 1.165) is 11.0 Å². The van der Waals surface area contributed by atoms with Crippen molar-refractivity contribution in [3.63, 3.8) is 0 Å². The Morgan fingerprint density at radius 3 is 2.72 bits per heavy atom. The number of aromatic amines is 1. The molecule has 0 saturated heterocycles. The predicted octanol–water partition coefficient (Wildman–Crippen LogP) is 4.83. The summed E-state index contributed by atoms with van der Waals surface area (Å²) >= 11 is 12.1. The van der Waals surface area contributed by atoms with Crippen molar-refractivity contribution in [1.29, 1.82) is 0 Å². The maximum atomic E-state index is 11.1. The number of nitrogens with two attached hydrogens (primary N) is 1. The molecule has 146 valence electrons. The summed E-state index contributed by atoms with van der Waals surface area (Å²) in [6.07, 6.45) is 1.62. The molecule has 9 heteroatoms. The molecule has 2 heterocycles. The number of pyridine rings is 1. The van der Waals surface area contributed by atoms with Crippen molar-refractivity contribution in [3.8, 4) is 11.5 Å². The van der Waals surface area contributed by atoms with Crippen molar-refractivity contribution in [2.24, 2.45) is 5.73 Å². The molecule has 2 aromatic carbocycles. The SMILES string of the molecule is NC(=O)Cc1cc(Oc2ccc3nc(Nc4ccc(Cl)cc4Cl)[nH]c3c2)ccn1. The largest absolute Gasteiger partial charge is 0.457 e. The number of halogens is 2. The highest BCUT2D eigenvalue weighted by atomic mass is 35.5. The van der Waals surface area contributed by atoms with E-state index in [1.165, 1.54) is 0 Å². The van der Waals surface area contributed by atoms with Gasteiger partial charge in [0.2, 0.25) is 11.9 Å². The standard InChI is InChI=1S/C20H15Cl2N5O2/c21-11-1-3-16(15(22)7-11)25-20-26-17-4-2-13(10-18(17)27-20)29-14-5-6-24-12(8-14)9-19(23)28/h1-8,10H,9H2,(H2,23,28)(H2,25,26,27). The van der Waals surface area contributed by atoms with Gasteiger partial charge in [0.25, 0.3) is 0 Å². The van der Waals surface area contributed by atoms with Crippen LogP contribution in [0.15, 0.2) is 54.7 Å². The molecular weight excluding hydrogens is 413 g/mol. The summed E-state index contributed by atoms with van der Waals surface area (Å²) in [5.74, 6) is 1.25. The number of ether oxygens (including phenoxy) is 1. The number of fused-ring (bicyclic) bond motifs is 1. The first-order chi connectivity index (χ1) is 14.0. The van der Waals surface area contributed by atoms with Gasteiger partial charge in [0.15, 0.2) is 0 Å². The second-order valence-electron chi connectivity index (χ2n) is 6.24. The summed E-state index contributed by atoms with van der Waals surface area (Å²) in [6, 6.07) is 14.0. The second kappa shape index (κ2) is 7.98. The Morgan fingerprint density at radius 1 is 1.10 bits per heavy atom. The summed E-state index contributed by atoms with van der Waals surface area (Å²) < 4.78 is 5.87. The van der Waals surface area contributed by atoms with E-state index in [1.807, 2.05) is 12.1 Å². The summed E-state index contributed by atoms with van der Waals surface area (Å²) in [5, 5.41) is 4.18. The second-order valence-corrected chi connectivity index (χ2v) is 7.09.